The zero-order valence-electron chi connectivity index (χ0n) is 12.6. The third-order valence-corrected chi connectivity index (χ3v) is 4.71. The average Bonchev–Trinajstić information content (AvgIpc) is 3.32. The van der Waals surface area contributed by atoms with Gasteiger partial charge in [0.05, 0.1) is 6.61 Å². The van der Waals surface area contributed by atoms with Gasteiger partial charge < -0.3 is 15.0 Å². The molecule has 110 valence electrons. The number of para-hydroxylation sites is 1. The molecule has 1 aromatic rings. The highest BCUT2D eigenvalue weighted by Crippen LogP contribution is 2.36. The lowest BCUT2D eigenvalue weighted by molar-refractivity contribution is 0.185. The highest BCUT2D eigenvalue weighted by Gasteiger charge is 2.37. The molecule has 2 aliphatic rings. The molecule has 3 heteroatoms. The summed E-state index contributed by atoms with van der Waals surface area (Å²) in [6, 6.07) is 9.98. The largest absolute Gasteiger partial charge is 0.380 e. The minimum atomic E-state index is 0.600. The summed E-state index contributed by atoms with van der Waals surface area (Å²) >= 11 is 0. The highest BCUT2D eigenvalue weighted by atomic mass is 16.5. The number of ether oxygens (including phenoxy) is 1. The number of hydrogen-bond donors (Lipinski definition) is 1. The maximum absolute atomic E-state index is 5.37. The van der Waals surface area contributed by atoms with Crippen molar-refractivity contribution in [1.82, 2.24) is 5.32 Å². The summed E-state index contributed by atoms with van der Waals surface area (Å²) in [7, 11) is 1.78. The van der Waals surface area contributed by atoms with Crippen LogP contribution >= 0.6 is 0 Å². The van der Waals surface area contributed by atoms with E-state index in [1.165, 1.54) is 30.5 Å². The quantitative estimate of drug-likeness (QED) is 0.893. The van der Waals surface area contributed by atoms with Crippen molar-refractivity contribution >= 4 is 5.69 Å². The van der Waals surface area contributed by atoms with E-state index in [4.69, 9.17) is 4.74 Å². The molecule has 3 nitrogen and oxygen atoms in total. The number of methoxy groups -OCH3 is 1. The van der Waals surface area contributed by atoms with Gasteiger partial charge in [-0.1, -0.05) is 25.1 Å². The zero-order chi connectivity index (χ0) is 13.9. The van der Waals surface area contributed by atoms with E-state index in [0.29, 0.717) is 18.7 Å². The first kappa shape index (κ1) is 13.9. The minimum absolute atomic E-state index is 0.600. The van der Waals surface area contributed by atoms with Gasteiger partial charge in [0.25, 0.3) is 0 Å². The second-order valence-electron chi connectivity index (χ2n) is 6.13. The SMILES string of the molecule is CCC1CNC(C2CC2)CN1c1ccccc1COC. The number of nitrogens with zero attached hydrogens (tertiary/aromatic N) is 1. The normalized spacial score (nSPS) is 26.8. The third-order valence-electron chi connectivity index (χ3n) is 4.71. The number of rotatable bonds is 5. The Morgan fingerprint density at radius 2 is 2.10 bits per heavy atom. The molecule has 2 fully saturated rings. The van der Waals surface area contributed by atoms with Crippen molar-refractivity contribution in [2.24, 2.45) is 5.92 Å². The summed E-state index contributed by atoms with van der Waals surface area (Å²) < 4.78 is 5.37. The van der Waals surface area contributed by atoms with Gasteiger partial charge in [0, 0.05) is 43.5 Å². The van der Waals surface area contributed by atoms with Gasteiger partial charge in [0.15, 0.2) is 0 Å². The summed E-state index contributed by atoms with van der Waals surface area (Å²) in [5.74, 6) is 0.907. The molecule has 1 heterocycles. The molecule has 1 saturated carbocycles. The monoisotopic (exact) mass is 274 g/mol. The van der Waals surface area contributed by atoms with Crippen LogP contribution in [0.15, 0.2) is 24.3 Å². The molecule has 2 unspecified atom stereocenters. The van der Waals surface area contributed by atoms with Crippen LogP contribution in [-0.2, 0) is 11.3 Å². The Hall–Kier alpha value is -1.06. The van der Waals surface area contributed by atoms with Gasteiger partial charge in [-0.2, -0.15) is 0 Å². The average molecular weight is 274 g/mol. The van der Waals surface area contributed by atoms with Crippen LogP contribution in [0.3, 0.4) is 0 Å². The molecule has 0 aromatic heterocycles. The predicted molar refractivity (Wildman–Crippen MR) is 83.1 cm³/mol. The van der Waals surface area contributed by atoms with Crippen LogP contribution in [0.25, 0.3) is 0 Å². The smallest absolute Gasteiger partial charge is 0.0733 e. The van der Waals surface area contributed by atoms with E-state index < -0.39 is 0 Å². The fourth-order valence-electron chi connectivity index (χ4n) is 3.37. The van der Waals surface area contributed by atoms with E-state index in [0.717, 1.165) is 19.0 Å². The molecular weight excluding hydrogens is 248 g/mol. The predicted octanol–water partition coefficient (Wildman–Crippen LogP) is 2.80. The standard InChI is InChI=1S/C17H26N2O/c1-3-15-10-18-16(13-8-9-13)11-19(15)17-7-5-4-6-14(17)12-20-2/h4-7,13,15-16,18H,3,8-12H2,1-2H3. The molecule has 1 aliphatic carbocycles. The number of nitrogens with one attached hydrogen (secondary N) is 1. The topological polar surface area (TPSA) is 24.5 Å². The molecule has 0 spiro atoms. The molecule has 1 N–H and O–H groups in total. The van der Waals surface area contributed by atoms with E-state index in [2.05, 4.69) is 41.4 Å². The van der Waals surface area contributed by atoms with Crippen molar-refractivity contribution in [1.29, 1.82) is 0 Å². The van der Waals surface area contributed by atoms with E-state index in [1.807, 2.05) is 0 Å². The summed E-state index contributed by atoms with van der Waals surface area (Å²) in [5, 5.41) is 3.76. The van der Waals surface area contributed by atoms with Gasteiger partial charge in [-0.15, -0.1) is 0 Å². The first-order chi connectivity index (χ1) is 9.83. The van der Waals surface area contributed by atoms with E-state index in [9.17, 15) is 0 Å². The Bertz CT molecular complexity index is 444. The lowest BCUT2D eigenvalue weighted by atomic mass is 10.0. The first-order valence-corrected chi connectivity index (χ1v) is 7.90. The molecule has 3 rings (SSSR count). The van der Waals surface area contributed by atoms with Gasteiger partial charge in [-0.05, 0) is 31.2 Å². The van der Waals surface area contributed by atoms with Crippen LogP contribution in [0, 0.1) is 5.92 Å². The lowest BCUT2D eigenvalue weighted by Crippen LogP contribution is -2.57. The molecule has 0 radical (unpaired) electrons. The van der Waals surface area contributed by atoms with Gasteiger partial charge in [0.1, 0.15) is 0 Å². The maximum Gasteiger partial charge on any atom is 0.0733 e. The van der Waals surface area contributed by atoms with Crippen molar-refractivity contribution in [2.75, 3.05) is 25.1 Å². The number of anilines is 1. The molecule has 0 bridgehead atoms. The van der Waals surface area contributed by atoms with Gasteiger partial charge in [0.2, 0.25) is 0 Å². The van der Waals surface area contributed by atoms with Gasteiger partial charge >= 0.3 is 0 Å². The molecular formula is C17H26N2O. The highest BCUT2D eigenvalue weighted by molar-refractivity contribution is 5.55. The Labute approximate surface area is 122 Å². The number of piperazine rings is 1. The van der Waals surface area contributed by atoms with Gasteiger partial charge in [-0.25, -0.2) is 0 Å². The van der Waals surface area contributed by atoms with Crippen LogP contribution in [0.2, 0.25) is 0 Å². The van der Waals surface area contributed by atoms with E-state index in [1.54, 1.807) is 7.11 Å². The summed E-state index contributed by atoms with van der Waals surface area (Å²) in [4.78, 5) is 2.62. The van der Waals surface area contributed by atoms with Crippen molar-refractivity contribution in [2.45, 2.75) is 44.9 Å². The van der Waals surface area contributed by atoms with E-state index >= 15 is 0 Å². The molecule has 0 amide bonds. The maximum atomic E-state index is 5.37. The molecule has 2 atom stereocenters. The van der Waals surface area contributed by atoms with Crippen LogP contribution in [0.4, 0.5) is 5.69 Å². The van der Waals surface area contributed by atoms with Crippen molar-refractivity contribution in [3.05, 3.63) is 29.8 Å². The fourth-order valence-corrected chi connectivity index (χ4v) is 3.37. The second-order valence-corrected chi connectivity index (χ2v) is 6.13. The Morgan fingerprint density at radius 1 is 1.30 bits per heavy atom. The number of benzene rings is 1. The van der Waals surface area contributed by atoms with Crippen LogP contribution in [0.5, 0.6) is 0 Å². The Balaban J connectivity index is 1.84. The first-order valence-electron chi connectivity index (χ1n) is 7.90. The lowest BCUT2D eigenvalue weighted by Gasteiger charge is -2.42. The van der Waals surface area contributed by atoms with Crippen LogP contribution < -0.4 is 10.2 Å². The number of hydrogen-bond acceptors (Lipinski definition) is 3. The van der Waals surface area contributed by atoms with Crippen LogP contribution in [-0.4, -0.2) is 32.3 Å². The third kappa shape index (κ3) is 2.84. The minimum Gasteiger partial charge on any atom is -0.380 e. The van der Waals surface area contributed by atoms with Crippen LogP contribution in [0.1, 0.15) is 31.7 Å². The Morgan fingerprint density at radius 3 is 2.80 bits per heavy atom. The molecule has 20 heavy (non-hydrogen) atoms. The summed E-state index contributed by atoms with van der Waals surface area (Å²) in [6.45, 7) is 5.24. The van der Waals surface area contributed by atoms with Crippen molar-refractivity contribution in [3.63, 3.8) is 0 Å². The second kappa shape index (κ2) is 6.15. The molecule has 1 aromatic carbocycles. The summed E-state index contributed by atoms with van der Waals surface area (Å²) in [6.07, 6.45) is 4.00. The van der Waals surface area contributed by atoms with Crippen molar-refractivity contribution < 1.29 is 4.74 Å². The summed E-state index contributed by atoms with van der Waals surface area (Å²) in [5.41, 5.74) is 2.68. The van der Waals surface area contributed by atoms with E-state index in [-0.39, 0.29) is 0 Å². The molecule has 1 saturated heterocycles. The van der Waals surface area contributed by atoms with Crippen molar-refractivity contribution in [3.8, 4) is 0 Å². The zero-order valence-corrected chi connectivity index (χ0v) is 12.6. The Kier molecular flexibility index (Phi) is 4.27. The fraction of sp³-hybridized carbons (Fsp3) is 0.647. The molecule has 1 aliphatic heterocycles. The van der Waals surface area contributed by atoms with Gasteiger partial charge in [-0.3, -0.25) is 0 Å².